The molecule has 6 nitrogen and oxygen atoms in total. The average Bonchev–Trinajstić information content (AvgIpc) is 2.91. The Hall–Kier alpha value is -2.24. The summed E-state index contributed by atoms with van der Waals surface area (Å²) in [4.78, 5) is 14.8. The molecular formula is C21H22F3N3O3S2. The minimum absolute atomic E-state index is 0.0826. The van der Waals surface area contributed by atoms with Gasteiger partial charge in [0.25, 0.3) is 0 Å². The molecule has 0 bridgehead atoms. The molecule has 32 heavy (non-hydrogen) atoms. The van der Waals surface area contributed by atoms with Crippen molar-refractivity contribution in [2.24, 2.45) is 5.92 Å². The summed E-state index contributed by atoms with van der Waals surface area (Å²) in [7, 11) is -3.81. The first-order chi connectivity index (χ1) is 15.1. The summed E-state index contributed by atoms with van der Waals surface area (Å²) in [5, 5.41) is 2.79. The number of alkyl halides is 3. The molecular weight excluding hydrogens is 463 g/mol. The molecule has 2 heterocycles. The second kappa shape index (κ2) is 8.60. The Morgan fingerprint density at radius 3 is 2.47 bits per heavy atom. The smallest absolute Gasteiger partial charge is 0.369 e. The number of sulfonamides is 1. The van der Waals surface area contributed by atoms with Gasteiger partial charge in [0, 0.05) is 48.4 Å². The number of carbonyl (C=O) groups excluding carboxylic acids is 1. The summed E-state index contributed by atoms with van der Waals surface area (Å²) in [6.45, 7) is 2.66. The number of nitrogens with one attached hydrogen (secondary N) is 1. The molecule has 2 aliphatic rings. The van der Waals surface area contributed by atoms with E-state index in [0.717, 1.165) is 17.0 Å². The van der Waals surface area contributed by atoms with Crippen LogP contribution in [0.15, 0.2) is 52.3 Å². The SMILES string of the molecule is C[C@@H]1CSc2ccc(S(=O)(=O)N3CCN(c4cccc(C(F)(F)F)c4)CC3)cc2NC1=O. The summed E-state index contributed by atoms with van der Waals surface area (Å²) in [5.41, 5.74) is 0.160. The van der Waals surface area contributed by atoms with E-state index in [9.17, 15) is 26.4 Å². The Bertz CT molecular complexity index is 1130. The largest absolute Gasteiger partial charge is 0.416 e. The highest BCUT2D eigenvalue weighted by molar-refractivity contribution is 7.99. The number of piperazine rings is 1. The fraction of sp³-hybridized carbons (Fsp3) is 0.381. The van der Waals surface area contributed by atoms with E-state index in [2.05, 4.69) is 5.32 Å². The number of thioether (sulfide) groups is 1. The third-order valence-corrected chi connectivity index (χ3v) is 8.79. The van der Waals surface area contributed by atoms with Gasteiger partial charge in [0.05, 0.1) is 16.1 Å². The minimum atomic E-state index is -4.43. The Balaban J connectivity index is 1.49. The zero-order chi connectivity index (χ0) is 23.1. The number of halogens is 3. The van der Waals surface area contributed by atoms with Crippen molar-refractivity contribution >= 4 is 39.1 Å². The zero-order valence-corrected chi connectivity index (χ0v) is 18.9. The summed E-state index contributed by atoms with van der Waals surface area (Å²) in [6.07, 6.45) is -4.43. The van der Waals surface area contributed by atoms with Gasteiger partial charge in [-0.15, -0.1) is 11.8 Å². The maximum atomic E-state index is 13.2. The van der Waals surface area contributed by atoms with Gasteiger partial charge >= 0.3 is 6.18 Å². The summed E-state index contributed by atoms with van der Waals surface area (Å²) >= 11 is 1.50. The molecule has 0 saturated carbocycles. The topological polar surface area (TPSA) is 69.7 Å². The molecule has 0 radical (unpaired) electrons. The van der Waals surface area contributed by atoms with Crippen LogP contribution in [-0.2, 0) is 21.0 Å². The van der Waals surface area contributed by atoms with Crippen molar-refractivity contribution in [3.63, 3.8) is 0 Å². The van der Waals surface area contributed by atoms with Crippen molar-refractivity contribution in [3.05, 3.63) is 48.0 Å². The fourth-order valence-corrected chi connectivity index (χ4v) is 6.11. The molecule has 11 heteroatoms. The first kappa shape index (κ1) is 22.9. The van der Waals surface area contributed by atoms with Crippen molar-refractivity contribution in [2.45, 2.75) is 22.9 Å². The zero-order valence-electron chi connectivity index (χ0n) is 17.2. The molecule has 0 aliphatic carbocycles. The Morgan fingerprint density at radius 2 is 1.78 bits per heavy atom. The highest BCUT2D eigenvalue weighted by atomic mass is 32.2. The quantitative estimate of drug-likeness (QED) is 0.714. The van der Waals surface area contributed by atoms with Gasteiger partial charge in [-0.05, 0) is 36.4 Å². The van der Waals surface area contributed by atoms with Crippen molar-refractivity contribution in [1.82, 2.24) is 4.31 Å². The second-order valence-corrected chi connectivity index (χ2v) is 10.8. The summed E-state index contributed by atoms with van der Waals surface area (Å²) in [6, 6.07) is 9.75. The third-order valence-electron chi connectivity index (χ3n) is 5.56. The molecule has 1 fully saturated rings. The van der Waals surface area contributed by atoms with Crippen LogP contribution < -0.4 is 10.2 Å². The molecule has 0 unspecified atom stereocenters. The van der Waals surface area contributed by atoms with Crippen LogP contribution in [0.3, 0.4) is 0 Å². The van der Waals surface area contributed by atoms with E-state index in [1.165, 1.54) is 34.3 Å². The number of amides is 1. The predicted octanol–water partition coefficient (Wildman–Crippen LogP) is 3.90. The lowest BCUT2D eigenvalue weighted by molar-refractivity contribution is -0.137. The van der Waals surface area contributed by atoms with E-state index in [1.807, 2.05) is 6.92 Å². The maximum Gasteiger partial charge on any atom is 0.416 e. The van der Waals surface area contributed by atoms with Gasteiger partial charge in [-0.3, -0.25) is 4.79 Å². The maximum absolute atomic E-state index is 13.2. The summed E-state index contributed by atoms with van der Waals surface area (Å²) in [5.74, 6) is 0.277. The van der Waals surface area contributed by atoms with E-state index in [1.54, 1.807) is 17.0 Å². The van der Waals surface area contributed by atoms with Gasteiger partial charge < -0.3 is 10.2 Å². The highest BCUT2D eigenvalue weighted by Gasteiger charge is 2.33. The number of benzene rings is 2. The molecule has 4 rings (SSSR count). The van der Waals surface area contributed by atoms with Crippen LogP contribution in [0.25, 0.3) is 0 Å². The van der Waals surface area contributed by atoms with Crippen LogP contribution in [0, 0.1) is 5.92 Å². The standard InChI is InChI=1S/C21H22F3N3O3S2/c1-14-13-31-19-6-5-17(12-18(19)25-20(14)28)32(29,30)27-9-7-26(8-10-27)16-4-2-3-15(11-16)21(22,23)24/h2-6,11-12,14H,7-10,13H2,1H3,(H,25,28)/t14-/m1/s1. The Kier molecular flexibility index (Phi) is 6.17. The molecule has 0 aromatic heterocycles. The average molecular weight is 486 g/mol. The lowest BCUT2D eigenvalue weighted by atomic mass is 10.1. The Labute approximate surface area is 188 Å². The van der Waals surface area contributed by atoms with Crippen LogP contribution in [0.4, 0.5) is 24.5 Å². The number of fused-ring (bicyclic) bond motifs is 1. The van der Waals surface area contributed by atoms with Gasteiger partial charge in [0.15, 0.2) is 0 Å². The van der Waals surface area contributed by atoms with E-state index in [-0.39, 0.29) is 42.9 Å². The van der Waals surface area contributed by atoms with Crippen molar-refractivity contribution in [2.75, 3.05) is 42.1 Å². The molecule has 1 amide bonds. The van der Waals surface area contributed by atoms with Crippen LogP contribution in [-0.4, -0.2) is 50.6 Å². The van der Waals surface area contributed by atoms with E-state index in [4.69, 9.17) is 0 Å². The highest BCUT2D eigenvalue weighted by Crippen LogP contribution is 2.35. The van der Waals surface area contributed by atoms with E-state index in [0.29, 0.717) is 17.1 Å². The number of hydrogen-bond acceptors (Lipinski definition) is 5. The molecule has 172 valence electrons. The minimum Gasteiger partial charge on any atom is -0.369 e. The molecule has 2 aromatic rings. The Morgan fingerprint density at radius 1 is 1.06 bits per heavy atom. The molecule has 1 atom stereocenters. The molecule has 2 aromatic carbocycles. The number of hydrogen-bond donors (Lipinski definition) is 1. The number of carbonyl (C=O) groups is 1. The fourth-order valence-electron chi connectivity index (χ4n) is 3.65. The number of nitrogens with zero attached hydrogens (tertiary/aromatic N) is 2. The van der Waals surface area contributed by atoms with Crippen molar-refractivity contribution in [1.29, 1.82) is 0 Å². The van der Waals surface area contributed by atoms with Crippen molar-refractivity contribution in [3.8, 4) is 0 Å². The van der Waals surface area contributed by atoms with Gasteiger partial charge in [-0.1, -0.05) is 13.0 Å². The van der Waals surface area contributed by atoms with Gasteiger partial charge in [-0.25, -0.2) is 8.42 Å². The van der Waals surface area contributed by atoms with Gasteiger partial charge in [-0.2, -0.15) is 17.5 Å². The lowest BCUT2D eigenvalue weighted by Gasteiger charge is -2.35. The van der Waals surface area contributed by atoms with Crippen molar-refractivity contribution < 1.29 is 26.4 Å². The molecule has 1 saturated heterocycles. The van der Waals surface area contributed by atoms with Crippen LogP contribution in [0.2, 0.25) is 0 Å². The normalized spacial score (nSPS) is 20.4. The molecule has 2 aliphatic heterocycles. The molecule has 1 N–H and O–H groups in total. The lowest BCUT2D eigenvalue weighted by Crippen LogP contribution is -2.48. The van der Waals surface area contributed by atoms with E-state index < -0.39 is 21.8 Å². The first-order valence-corrected chi connectivity index (χ1v) is 12.5. The van der Waals surface area contributed by atoms with Gasteiger partial charge in [0.2, 0.25) is 15.9 Å². The van der Waals surface area contributed by atoms with Crippen LogP contribution in [0.1, 0.15) is 12.5 Å². The third kappa shape index (κ3) is 4.60. The second-order valence-electron chi connectivity index (χ2n) is 7.80. The number of rotatable bonds is 3. The molecule has 0 spiro atoms. The monoisotopic (exact) mass is 485 g/mol. The predicted molar refractivity (Wildman–Crippen MR) is 117 cm³/mol. The van der Waals surface area contributed by atoms with Crippen LogP contribution in [0.5, 0.6) is 0 Å². The summed E-state index contributed by atoms with van der Waals surface area (Å²) < 4.78 is 66.7. The first-order valence-electron chi connectivity index (χ1n) is 10.1. The van der Waals surface area contributed by atoms with E-state index >= 15 is 0 Å². The van der Waals surface area contributed by atoms with Gasteiger partial charge in [0.1, 0.15) is 0 Å². The van der Waals surface area contributed by atoms with Crippen LogP contribution >= 0.6 is 11.8 Å². The number of anilines is 2.